The highest BCUT2D eigenvalue weighted by Crippen LogP contribution is 2.25. The van der Waals surface area contributed by atoms with Gasteiger partial charge in [-0.05, 0) is 50.8 Å². The van der Waals surface area contributed by atoms with Crippen LogP contribution in [-0.4, -0.2) is 42.8 Å². The van der Waals surface area contributed by atoms with Crippen LogP contribution < -0.4 is 4.74 Å². The highest BCUT2D eigenvalue weighted by molar-refractivity contribution is 5.70. The maximum absolute atomic E-state index is 14.1. The number of benzene rings is 1. The van der Waals surface area contributed by atoms with Crippen LogP contribution in [-0.2, 0) is 16.1 Å². The number of piperidine rings is 1. The molecular weight excluding hydrogens is 309 g/mol. The predicted molar refractivity (Wildman–Crippen MR) is 91.7 cm³/mol. The Morgan fingerprint density at radius 2 is 1.92 bits per heavy atom. The second-order valence-electron chi connectivity index (χ2n) is 7.53. The van der Waals surface area contributed by atoms with Gasteiger partial charge in [-0.2, -0.15) is 0 Å². The molecular formula is C19H28FNO3. The first kappa shape index (κ1) is 18.7. The molecule has 1 aliphatic heterocycles. The molecule has 1 aromatic carbocycles. The van der Waals surface area contributed by atoms with Gasteiger partial charge >= 0.3 is 5.97 Å². The van der Waals surface area contributed by atoms with Gasteiger partial charge in [0.1, 0.15) is 17.5 Å². The minimum absolute atomic E-state index is 0.00171. The molecule has 0 unspecified atom stereocenters. The monoisotopic (exact) mass is 337 g/mol. The number of hydrogen-bond donors (Lipinski definition) is 0. The summed E-state index contributed by atoms with van der Waals surface area (Å²) in [6.45, 7) is 7.34. The van der Waals surface area contributed by atoms with Crippen molar-refractivity contribution >= 4 is 5.97 Å². The van der Waals surface area contributed by atoms with Crippen LogP contribution >= 0.6 is 0 Å². The fourth-order valence-corrected chi connectivity index (χ4v) is 3.12. The molecule has 4 nitrogen and oxygen atoms in total. The molecule has 0 aliphatic carbocycles. The van der Waals surface area contributed by atoms with Crippen molar-refractivity contribution in [2.45, 2.75) is 51.9 Å². The number of alkyl halides is 1. The van der Waals surface area contributed by atoms with Crippen LogP contribution in [0.4, 0.5) is 4.39 Å². The molecule has 0 amide bonds. The number of esters is 1. The lowest BCUT2D eigenvalue weighted by molar-refractivity contribution is -0.156. The van der Waals surface area contributed by atoms with E-state index < -0.39 is 11.8 Å². The lowest BCUT2D eigenvalue weighted by Gasteiger charge is -2.34. The van der Waals surface area contributed by atoms with E-state index in [0.717, 1.165) is 11.3 Å². The molecule has 134 valence electrons. The van der Waals surface area contributed by atoms with E-state index >= 15 is 0 Å². The third-order valence-electron chi connectivity index (χ3n) is 4.00. The number of likely N-dealkylation sites (tertiary alicyclic amines) is 1. The molecule has 0 spiro atoms. The van der Waals surface area contributed by atoms with Crippen LogP contribution in [0.25, 0.3) is 0 Å². The third-order valence-corrected chi connectivity index (χ3v) is 4.00. The molecule has 1 aromatic rings. The maximum Gasteiger partial charge on any atom is 0.306 e. The van der Waals surface area contributed by atoms with Crippen LogP contribution in [0.15, 0.2) is 24.3 Å². The number of ether oxygens (including phenoxy) is 2. The largest absolute Gasteiger partial charge is 0.497 e. The molecule has 1 heterocycles. The van der Waals surface area contributed by atoms with E-state index in [0.29, 0.717) is 26.1 Å². The van der Waals surface area contributed by atoms with E-state index in [-0.39, 0.29) is 18.3 Å². The van der Waals surface area contributed by atoms with Crippen molar-refractivity contribution in [2.75, 3.05) is 20.2 Å². The Hall–Kier alpha value is -1.62. The molecule has 0 N–H and O–H groups in total. The summed E-state index contributed by atoms with van der Waals surface area (Å²) in [5.74, 6) is 0.566. The smallest absolute Gasteiger partial charge is 0.306 e. The molecule has 2 atom stereocenters. The Morgan fingerprint density at radius 3 is 2.50 bits per heavy atom. The topological polar surface area (TPSA) is 38.8 Å². The Bertz CT molecular complexity index is 539. The average Bonchev–Trinajstić information content (AvgIpc) is 2.45. The van der Waals surface area contributed by atoms with Crippen LogP contribution in [0.3, 0.4) is 0 Å². The molecule has 1 saturated heterocycles. The molecule has 1 aliphatic rings. The minimum atomic E-state index is -0.899. The maximum atomic E-state index is 14.1. The first-order chi connectivity index (χ1) is 11.2. The Morgan fingerprint density at radius 1 is 1.25 bits per heavy atom. The Balaban J connectivity index is 1.90. The van der Waals surface area contributed by atoms with Gasteiger partial charge in [0.2, 0.25) is 0 Å². The summed E-state index contributed by atoms with van der Waals surface area (Å²) in [5, 5.41) is 0. The first-order valence-electron chi connectivity index (χ1n) is 8.46. The zero-order valence-corrected chi connectivity index (χ0v) is 15.0. The van der Waals surface area contributed by atoms with Crippen molar-refractivity contribution in [3.8, 4) is 5.75 Å². The molecule has 0 saturated carbocycles. The van der Waals surface area contributed by atoms with Gasteiger partial charge in [-0.15, -0.1) is 0 Å². The zero-order chi connectivity index (χ0) is 17.7. The van der Waals surface area contributed by atoms with Gasteiger partial charge in [0, 0.05) is 26.1 Å². The van der Waals surface area contributed by atoms with Crippen molar-refractivity contribution in [1.82, 2.24) is 4.90 Å². The molecule has 2 rings (SSSR count). The summed E-state index contributed by atoms with van der Waals surface area (Å²) < 4.78 is 24.6. The van der Waals surface area contributed by atoms with Crippen molar-refractivity contribution in [3.63, 3.8) is 0 Å². The average molecular weight is 337 g/mol. The first-order valence-corrected chi connectivity index (χ1v) is 8.46. The number of carbonyl (C=O) groups excluding carboxylic acids is 1. The summed E-state index contributed by atoms with van der Waals surface area (Å²) >= 11 is 0. The number of hydrogen-bond acceptors (Lipinski definition) is 4. The van der Waals surface area contributed by atoms with E-state index in [4.69, 9.17) is 9.47 Å². The Kier molecular flexibility index (Phi) is 6.21. The van der Waals surface area contributed by atoms with Crippen LogP contribution in [0, 0.1) is 5.92 Å². The lowest BCUT2D eigenvalue weighted by Crippen LogP contribution is -2.42. The number of nitrogens with zero attached hydrogens (tertiary/aromatic N) is 1. The fraction of sp³-hybridized carbons (Fsp3) is 0.632. The van der Waals surface area contributed by atoms with Crippen LogP contribution in [0.5, 0.6) is 5.75 Å². The second kappa shape index (κ2) is 7.97. The van der Waals surface area contributed by atoms with E-state index in [1.165, 1.54) is 0 Å². The molecule has 0 radical (unpaired) electrons. The Labute approximate surface area is 143 Å². The van der Waals surface area contributed by atoms with Gasteiger partial charge in [0.05, 0.1) is 7.11 Å². The quantitative estimate of drug-likeness (QED) is 0.770. The number of methoxy groups -OCH3 is 1. The normalized spacial score (nSPS) is 22.2. The highest BCUT2D eigenvalue weighted by atomic mass is 19.1. The molecule has 24 heavy (non-hydrogen) atoms. The fourth-order valence-electron chi connectivity index (χ4n) is 3.12. The predicted octanol–water partition coefficient (Wildman–Crippen LogP) is 3.59. The zero-order valence-electron chi connectivity index (χ0n) is 15.0. The molecule has 5 heteroatoms. The van der Waals surface area contributed by atoms with Crippen molar-refractivity contribution in [3.05, 3.63) is 29.8 Å². The van der Waals surface area contributed by atoms with Crippen LogP contribution in [0.1, 0.15) is 39.2 Å². The molecule has 1 fully saturated rings. The van der Waals surface area contributed by atoms with Gasteiger partial charge in [-0.3, -0.25) is 9.69 Å². The third kappa shape index (κ3) is 6.11. The number of halogens is 1. The van der Waals surface area contributed by atoms with E-state index in [1.54, 1.807) is 7.11 Å². The summed E-state index contributed by atoms with van der Waals surface area (Å²) in [6.07, 6.45) is -0.195. The summed E-state index contributed by atoms with van der Waals surface area (Å²) in [5.41, 5.74) is 0.616. The standard InChI is InChI=1S/C19H28FNO3/c1-19(2,3)24-18(22)10-15-9-16(20)13-21(12-15)11-14-5-7-17(23-4)8-6-14/h5-8,15-16H,9-13H2,1-4H3/t15-,16-/m1/s1. The van der Waals surface area contributed by atoms with Crippen molar-refractivity contribution < 1.29 is 18.7 Å². The number of carbonyl (C=O) groups is 1. The summed E-state index contributed by atoms with van der Waals surface area (Å²) in [7, 11) is 1.63. The van der Waals surface area contributed by atoms with Gasteiger partial charge in [0.25, 0.3) is 0 Å². The van der Waals surface area contributed by atoms with Gasteiger partial charge < -0.3 is 9.47 Å². The number of rotatable bonds is 5. The van der Waals surface area contributed by atoms with Crippen molar-refractivity contribution in [2.24, 2.45) is 5.92 Å². The second-order valence-corrected chi connectivity index (χ2v) is 7.53. The minimum Gasteiger partial charge on any atom is -0.497 e. The van der Waals surface area contributed by atoms with Crippen LogP contribution in [0.2, 0.25) is 0 Å². The SMILES string of the molecule is COc1ccc(CN2C[C@H](F)C[C@H](CC(=O)OC(C)(C)C)C2)cc1. The van der Waals surface area contributed by atoms with Gasteiger partial charge in [-0.25, -0.2) is 4.39 Å². The van der Waals surface area contributed by atoms with Gasteiger partial charge in [-0.1, -0.05) is 12.1 Å². The van der Waals surface area contributed by atoms with E-state index in [2.05, 4.69) is 4.90 Å². The molecule has 0 aromatic heterocycles. The van der Waals surface area contributed by atoms with Gasteiger partial charge in [0.15, 0.2) is 0 Å². The lowest BCUT2D eigenvalue weighted by atomic mass is 9.93. The summed E-state index contributed by atoms with van der Waals surface area (Å²) in [6, 6.07) is 7.79. The highest BCUT2D eigenvalue weighted by Gasteiger charge is 2.30. The van der Waals surface area contributed by atoms with Crippen molar-refractivity contribution in [1.29, 1.82) is 0 Å². The molecule has 0 bridgehead atoms. The van der Waals surface area contributed by atoms with E-state index in [1.807, 2.05) is 45.0 Å². The van der Waals surface area contributed by atoms with E-state index in [9.17, 15) is 9.18 Å². The summed E-state index contributed by atoms with van der Waals surface area (Å²) in [4.78, 5) is 14.1.